The van der Waals surface area contributed by atoms with Crippen LogP contribution in [0, 0.1) is 0 Å². The third-order valence-corrected chi connectivity index (χ3v) is 3.13. The molecule has 0 aliphatic heterocycles. The lowest BCUT2D eigenvalue weighted by Gasteiger charge is -2.29. The summed E-state index contributed by atoms with van der Waals surface area (Å²) in [5, 5.41) is 9.79. The first-order valence-corrected chi connectivity index (χ1v) is 5.33. The van der Waals surface area contributed by atoms with Crippen LogP contribution in [0.5, 0.6) is 11.5 Å². The highest BCUT2D eigenvalue weighted by Crippen LogP contribution is 2.35. The van der Waals surface area contributed by atoms with Crippen molar-refractivity contribution in [3.05, 3.63) is 23.3 Å². The molecule has 0 saturated heterocycles. The number of methoxy groups -OCH3 is 2. The molecule has 1 aromatic carbocycles. The maximum absolute atomic E-state index is 9.79. The van der Waals surface area contributed by atoms with E-state index < -0.39 is 6.10 Å². The minimum Gasteiger partial charge on any atom is -0.496 e. The highest BCUT2D eigenvalue weighted by Gasteiger charge is 2.28. The van der Waals surface area contributed by atoms with Crippen molar-refractivity contribution in [2.75, 3.05) is 14.2 Å². The van der Waals surface area contributed by atoms with E-state index in [0.29, 0.717) is 12.8 Å². The summed E-state index contributed by atoms with van der Waals surface area (Å²) in [7, 11) is 3.27. The van der Waals surface area contributed by atoms with Crippen LogP contribution in [0.4, 0.5) is 0 Å². The predicted octanol–water partition coefficient (Wildman–Crippen LogP) is 0.491. The zero-order valence-electron chi connectivity index (χ0n) is 9.56. The molecule has 3 N–H and O–H groups in total. The summed E-state index contributed by atoms with van der Waals surface area (Å²) in [4.78, 5) is 0. The van der Waals surface area contributed by atoms with Crippen molar-refractivity contribution in [1.82, 2.24) is 0 Å². The topological polar surface area (TPSA) is 64.7 Å². The Morgan fingerprint density at radius 3 is 2.12 bits per heavy atom. The molecule has 0 radical (unpaired) electrons. The average molecular weight is 223 g/mol. The van der Waals surface area contributed by atoms with Crippen molar-refractivity contribution >= 4 is 0 Å². The van der Waals surface area contributed by atoms with Gasteiger partial charge in [0.25, 0.3) is 0 Å². The molecule has 1 aliphatic carbocycles. The van der Waals surface area contributed by atoms with Crippen LogP contribution in [0.3, 0.4) is 0 Å². The second-order valence-corrected chi connectivity index (χ2v) is 4.07. The van der Waals surface area contributed by atoms with Gasteiger partial charge in [0, 0.05) is 23.6 Å². The number of nitrogens with two attached hydrogens (primary N) is 1. The van der Waals surface area contributed by atoms with E-state index in [9.17, 15) is 5.11 Å². The van der Waals surface area contributed by atoms with Crippen molar-refractivity contribution < 1.29 is 14.6 Å². The molecule has 88 valence electrons. The maximum Gasteiger partial charge on any atom is 0.122 e. The van der Waals surface area contributed by atoms with E-state index in [0.717, 1.165) is 22.6 Å². The normalized spacial score (nSPS) is 23.8. The molecule has 0 spiro atoms. The Balaban J connectivity index is 2.50. The number of aliphatic hydroxyl groups is 1. The van der Waals surface area contributed by atoms with Gasteiger partial charge in [-0.25, -0.2) is 0 Å². The minimum absolute atomic E-state index is 0.228. The molecule has 0 amide bonds. The molecule has 0 fully saturated rings. The van der Waals surface area contributed by atoms with Crippen molar-refractivity contribution in [2.24, 2.45) is 5.73 Å². The van der Waals surface area contributed by atoms with E-state index in [1.165, 1.54) is 0 Å². The number of ether oxygens (including phenoxy) is 2. The highest BCUT2D eigenvalue weighted by molar-refractivity contribution is 5.51. The Morgan fingerprint density at radius 1 is 1.12 bits per heavy atom. The van der Waals surface area contributed by atoms with Crippen LogP contribution in [-0.4, -0.2) is 31.5 Å². The zero-order chi connectivity index (χ0) is 11.7. The third kappa shape index (κ3) is 1.74. The minimum atomic E-state index is -0.506. The quantitative estimate of drug-likeness (QED) is 0.766. The van der Waals surface area contributed by atoms with Crippen molar-refractivity contribution in [3.8, 4) is 11.5 Å². The van der Waals surface area contributed by atoms with E-state index >= 15 is 0 Å². The van der Waals surface area contributed by atoms with Gasteiger partial charge in [0.05, 0.1) is 20.3 Å². The van der Waals surface area contributed by atoms with Gasteiger partial charge in [0.1, 0.15) is 11.5 Å². The van der Waals surface area contributed by atoms with Gasteiger partial charge in [0.15, 0.2) is 0 Å². The summed E-state index contributed by atoms with van der Waals surface area (Å²) in [6.45, 7) is 0. The van der Waals surface area contributed by atoms with Crippen LogP contribution in [0.2, 0.25) is 0 Å². The average Bonchev–Trinajstić information content (AvgIpc) is 2.29. The number of aliphatic hydroxyl groups excluding tert-OH is 1. The van der Waals surface area contributed by atoms with E-state index in [4.69, 9.17) is 15.2 Å². The van der Waals surface area contributed by atoms with Gasteiger partial charge in [-0.2, -0.15) is 0 Å². The summed E-state index contributed by atoms with van der Waals surface area (Å²) in [6.07, 6.45) is 0.641. The van der Waals surface area contributed by atoms with Gasteiger partial charge < -0.3 is 20.3 Å². The van der Waals surface area contributed by atoms with Gasteiger partial charge in [0.2, 0.25) is 0 Å². The molecule has 2 rings (SSSR count). The number of hydrogen-bond acceptors (Lipinski definition) is 4. The first-order valence-electron chi connectivity index (χ1n) is 5.33. The van der Waals surface area contributed by atoms with Gasteiger partial charge in [-0.3, -0.25) is 0 Å². The molecule has 0 heterocycles. The zero-order valence-corrected chi connectivity index (χ0v) is 9.56. The van der Waals surface area contributed by atoms with Gasteiger partial charge in [-0.05, 0) is 18.6 Å². The first kappa shape index (κ1) is 11.2. The molecule has 0 unspecified atom stereocenters. The van der Waals surface area contributed by atoms with Crippen LogP contribution in [-0.2, 0) is 12.8 Å². The molecule has 1 aromatic rings. The molecular weight excluding hydrogens is 206 g/mol. The first-order chi connectivity index (χ1) is 7.67. The molecule has 4 heteroatoms. The SMILES string of the molecule is COc1ccc(OC)c2c1C[C@@H](N)[C@@H](O)C2. The Kier molecular flexibility index (Phi) is 3.03. The summed E-state index contributed by atoms with van der Waals surface area (Å²) in [5.41, 5.74) is 7.93. The van der Waals surface area contributed by atoms with Crippen molar-refractivity contribution in [3.63, 3.8) is 0 Å². The molecule has 0 saturated carbocycles. The Bertz CT molecular complexity index is 355. The second-order valence-electron chi connectivity index (χ2n) is 4.07. The largest absolute Gasteiger partial charge is 0.496 e. The predicted molar refractivity (Wildman–Crippen MR) is 60.9 cm³/mol. The molecule has 2 atom stereocenters. The second kappa shape index (κ2) is 4.31. The van der Waals surface area contributed by atoms with Gasteiger partial charge >= 0.3 is 0 Å². The number of hydrogen-bond donors (Lipinski definition) is 2. The van der Waals surface area contributed by atoms with Crippen LogP contribution in [0.1, 0.15) is 11.1 Å². The highest BCUT2D eigenvalue weighted by atomic mass is 16.5. The molecular formula is C12H17NO3. The van der Waals surface area contributed by atoms with Gasteiger partial charge in [-0.15, -0.1) is 0 Å². The van der Waals surface area contributed by atoms with E-state index in [1.54, 1.807) is 14.2 Å². The summed E-state index contributed by atoms with van der Waals surface area (Å²) in [5.74, 6) is 1.61. The van der Waals surface area contributed by atoms with Crippen LogP contribution in [0.25, 0.3) is 0 Å². The fraction of sp³-hybridized carbons (Fsp3) is 0.500. The summed E-state index contributed by atoms with van der Waals surface area (Å²) >= 11 is 0. The molecule has 1 aliphatic rings. The number of benzene rings is 1. The van der Waals surface area contributed by atoms with Crippen LogP contribution >= 0.6 is 0 Å². The standard InChI is InChI=1S/C12H17NO3/c1-15-11-3-4-12(16-2)8-6-10(14)9(13)5-7(8)11/h3-4,9-10,14H,5-6,13H2,1-2H3/t9-,10+/m1/s1. The van der Waals surface area contributed by atoms with E-state index in [1.807, 2.05) is 12.1 Å². The summed E-state index contributed by atoms with van der Waals surface area (Å²) in [6, 6.07) is 3.51. The molecule has 4 nitrogen and oxygen atoms in total. The Labute approximate surface area is 95.0 Å². The molecule has 0 bridgehead atoms. The fourth-order valence-corrected chi connectivity index (χ4v) is 2.21. The van der Waals surface area contributed by atoms with E-state index in [-0.39, 0.29) is 6.04 Å². The lowest BCUT2D eigenvalue weighted by Crippen LogP contribution is -2.41. The molecule has 0 aromatic heterocycles. The smallest absolute Gasteiger partial charge is 0.122 e. The van der Waals surface area contributed by atoms with Crippen LogP contribution < -0.4 is 15.2 Å². The monoisotopic (exact) mass is 223 g/mol. The third-order valence-electron chi connectivity index (χ3n) is 3.13. The lowest BCUT2D eigenvalue weighted by atomic mass is 9.85. The maximum atomic E-state index is 9.79. The molecule has 16 heavy (non-hydrogen) atoms. The van der Waals surface area contributed by atoms with Gasteiger partial charge in [-0.1, -0.05) is 0 Å². The lowest BCUT2D eigenvalue weighted by molar-refractivity contribution is 0.135. The van der Waals surface area contributed by atoms with Crippen molar-refractivity contribution in [1.29, 1.82) is 0 Å². The fourth-order valence-electron chi connectivity index (χ4n) is 2.21. The number of fused-ring (bicyclic) bond motifs is 1. The Hall–Kier alpha value is -1.26. The van der Waals surface area contributed by atoms with E-state index in [2.05, 4.69) is 0 Å². The summed E-state index contributed by atoms with van der Waals surface area (Å²) < 4.78 is 10.6. The Morgan fingerprint density at radius 2 is 1.62 bits per heavy atom. The van der Waals surface area contributed by atoms with Crippen LogP contribution in [0.15, 0.2) is 12.1 Å². The van der Waals surface area contributed by atoms with Crippen molar-refractivity contribution in [2.45, 2.75) is 25.0 Å². The number of rotatable bonds is 2.